The highest BCUT2D eigenvalue weighted by molar-refractivity contribution is 7.89. The number of nitrogens with zero attached hydrogens (tertiary/aromatic N) is 2. The average molecular weight is 284 g/mol. The van der Waals surface area contributed by atoms with Gasteiger partial charge in [-0.3, -0.25) is 0 Å². The Hall–Kier alpha value is -1.21. The zero-order valence-corrected chi connectivity index (χ0v) is 11.9. The molecule has 106 valence electrons. The Morgan fingerprint density at radius 2 is 1.89 bits per heavy atom. The highest BCUT2D eigenvalue weighted by atomic mass is 32.2. The number of anilines is 1. The summed E-state index contributed by atoms with van der Waals surface area (Å²) >= 11 is 0. The molecule has 0 aliphatic heterocycles. The van der Waals surface area contributed by atoms with Crippen LogP contribution in [0.15, 0.2) is 17.3 Å². The van der Waals surface area contributed by atoms with Crippen molar-refractivity contribution in [3.05, 3.63) is 12.4 Å². The molecule has 1 aromatic heterocycles. The number of aromatic nitrogens is 2. The van der Waals surface area contributed by atoms with E-state index in [1.165, 1.54) is 38.1 Å². The highest BCUT2D eigenvalue weighted by Crippen LogP contribution is 2.27. The predicted octanol–water partition coefficient (Wildman–Crippen LogP) is 1.38. The summed E-state index contributed by atoms with van der Waals surface area (Å²) in [6.07, 6.45) is 8.54. The molecule has 0 atom stereocenters. The number of hydrogen-bond acceptors (Lipinski definition) is 5. The molecule has 0 bridgehead atoms. The van der Waals surface area contributed by atoms with Crippen LogP contribution in [0.5, 0.6) is 0 Å². The average Bonchev–Trinajstić information content (AvgIpc) is 2.92. The third-order valence-electron chi connectivity index (χ3n) is 3.48. The minimum atomic E-state index is -3.48. The van der Waals surface area contributed by atoms with Crippen molar-refractivity contribution in [2.45, 2.75) is 37.0 Å². The topological polar surface area (TPSA) is 84.0 Å². The maximum absolute atomic E-state index is 12.0. The van der Waals surface area contributed by atoms with E-state index < -0.39 is 10.0 Å². The maximum atomic E-state index is 12.0. The molecule has 1 saturated carbocycles. The lowest BCUT2D eigenvalue weighted by atomic mass is 10.1. The van der Waals surface area contributed by atoms with Crippen LogP contribution in [0, 0.1) is 5.92 Å². The van der Waals surface area contributed by atoms with Crippen molar-refractivity contribution in [3.63, 3.8) is 0 Å². The molecule has 0 spiro atoms. The van der Waals surface area contributed by atoms with Gasteiger partial charge in [-0.05, 0) is 12.3 Å². The summed E-state index contributed by atoms with van der Waals surface area (Å²) in [5.41, 5.74) is 0. The summed E-state index contributed by atoms with van der Waals surface area (Å²) in [7, 11) is -1.80. The molecular formula is C12H20N4O2S. The van der Waals surface area contributed by atoms with Gasteiger partial charge in [0.2, 0.25) is 16.0 Å². The largest absolute Gasteiger partial charge is 0.357 e. The van der Waals surface area contributed by atoms with E-state index in [4.69, 9.17) is 0 Å². The fourth-order valence-electron chi connectivity index (χ4n) is 2.36. The Kier molecular flexibility index (Phi) is 4.71. The Morgan fingerprint density at radius 3 is 2.47 bits per heavy atom. The van der Waals surface area contributed by atoms with Crippen LogP contribution >= 0.6 is 0 Å². The Labute approximate surface area is 114 Å². The van der Waals surface area contributed by atoms with Crippen molar-refractivity contribution >= 4 is 16.0 Å². The van der Waals surface area contributed by atoms with Crippen molar-refractivity contribution in [1.29, 1.82) is 0 Å². The van der Waals surface area contributed by atoms with Crippen LogP contribution in [0.4, 0.5) is 5.95 Å². The third-order valence-corrected chi connectivity index (χ3v) is 4.90. The summed E-state index contributed by atoms with van der Waals surface area (Å²) in [6.45, 7) is 0.487. The van der Waals surface area contributed by atoms with Crippen LogP contribution in [0.2, 0.25) is 0 Å². The molecule has 0 amide bonds. The first-order valence-corrected chi connectivity index (χ1v) is 8.09. The van der Waals surface area contributed by atoms with Gasteiger partial charge in [0, 0.05) is 13.6 Å². The Morgan fingerprint density at radius 1 is 1.26 bits per heavy atom. The quantitative estimate of drug-likeness (QED) is 0.824. The number of sulfonamides is 1. The predicted molar refractivity (Wildman–Crippen MR) is 73.3 cm³/mol. The van der Waals surface area contributed by atoms with E-state index in [0.29, 0.717) is 18.4 Å². The summed E-state index contributed by atoms with van der Waals surface area (Å²) in [4.78, 5) is 7.92. The van der Waals surface area contributed by atoms with E-state index in [2.05, 4.69) is 20.0 Å². The summed E-state index contributed by atoms with van der Waals surface area (Å²) in [5, 5.41) is 2.75. The van der Waals surface area contributed by atoms with Crippen LogP contribution < -0.4 is 10.0 Å². The van der Waals surface area contributed by atoms with Gasteiger partial charge >= 0.3 is 0 Å². The van der Waals surface area contributed by atoms with Gasteiger partial charge in [0.05, 0.1) is 12.4 Å². The first kappa shape index (κ1) is 14.2. The van der Waals surface area contributed by atoms with Gasteiger partial charge in [-0.15, -0.1) is 0 Å². The molecule has 1 heterocycles. The maximum Gasteiger partial charge on any atom is 0.243 e. The van der Waals surface area contributed by atoms with Gasteiger partial charge in [0.15, 0.2) is 0 Å². The van der Waals surface area contributed by atoms with Crippen LogP contribution in [0.3, 0.4) is 0 Å². The van der Waals surface area contributed by atoms with Gasteiger partial charge in [-0.1, -0.05) is 25.7 Å². The first-order chi connectivity index (χ1) is 9.12. The van der Waals surface area contributed by atoms with Gasteiger partial charge in [0.1, 0.15) is 4.90 Å². The smallest absolute Gasteiger partial charge is 0.243 e. The molecule has 2 rings (SSSR count). The zero-order valence-electron chi connectivity index (χ0n) is 11.1. The van der Waals surface area contributed by atoms with E-state index in [0.717, 1.165) is 6.42 Å². The van der Waals surface area contributed by atoms with Gasteiger partial charge in [0.25, 0.3) is 0 Å². The Balaban J connectivity index is 1.89. The second-order valence-corrected chi connectivity index (χ2v) is 6.60. The van der Waals surface area contributed by atoms with Crippen molar-refractivity contribution in [3.8, 4) is 0 Å². The second-order valence-electron chi connectivity index (χ2n) is 4.83. The number of nitrogens with one attached hydrogen (secondary N) is 2. The molecule has 1 fully saturated rings. The molecule has 1 aromatic rings. The lowest BCUT2D eigenvalue weighted by molar-refractivity contribution is 0.495. The third kappa shape index (κ3) is 3.87. The van der Waals surface area contributed by atoms with Gasteiger partial charge in [-0.25, -0.2) is 23.1 Å². The molecule has 2 N–H and O–H groups in total. The molecule has 19 heavy (non-hydrogen) atoms. The first-order valence-electron chi connectivity index (χ1n) is 6.61. The van der Waals surface area contributed by atoms with Crippen molar-refractivity contribution in [2.24, 2.45) is 5.92 Å². The molecule has 1 aliphatic rings. The molecule has 1 aliphatic carbocycles. The molecule has 0 saturated heterocycles. The molecule has 6 nitrogen and oxygen atoms in total. The molecule has 0 radical (unpaired) electrons. The number of rotatable bonds is 6. The SMILES string of the molecule is CNc1ncc(S(=O)(=O)NCCC2CCCC2)cn1. The zero-order chi connectivity index (χ0) is 13.7. The summed E-state index contributed by atoms with van der Waals surface area (Å²) in [6, 6.07) is 0. The van der Waals surface area contributed by atoms with E-state index in [-0.39, 0.29) is 4.90 Å². The van der Waals surface area contributed by atoms with Crippen LogP contribution in [0.1, 0.15) is 32.1 Å². The number of hydrogen-bond donors (Lipinski definition) is 2. The van der Waals surface area contributed by atoms with E-state index >= 15 is 0 Å². The lowest BCUT2D eigenvalue weighted by Gasteiger charge is -2.10. The van der Waals surface area contributed by atoms with Crippen molar-refractivity contribution in [2.75, 3.05) is 18.9 Å². The van der Waals surface area contributed by atoms with Crippen molar-refractivity contribution in [1.82, 2.24) is 14.7 Å². The van der Waals surface area contributed by atoms with Crippen LogP contribution in [-0.2, 0) is 10.0 Å². The van der Waals surface area contributed by atoms with Crippen molar-refractivity contribution < 1.29 is 8.42 Å². The summed E-state index contributed by atoms with van der Waals surface area (Å²) < 4.78 is 26.6. The van der Waals surface area contributed by atoms with E-state index in [9.17, 15) is 8.42 Å². The highest BCUT2D eigenvalue weighted by Gasteiger charge is 2.18. The van der Waals surface area contributed by atoms with Crippen LogP contribution in [0.25, 0.3) is 0 Å². The molecule has 7 heteroatoms. The van der Waals surface area contributed by atoms with Gasteiger partial charge < -0.3 is 5.32 Å². The molecule has 0 unspecified atom stereocenters. The van der Waals surface area contributed by atoms with E-state index in [1.807, 2.05) is 0 Å². The minimum Gasteiger partial charge on any atom is -0.357 e. The molecular weight excluding hydrogens is 264 g/mol. The fraction of sp³-hybridized carbons (Fsp3) is 0.667. The van der Waals surface area contributed by atoms with E-state index in [1.54, 1.807) is 7.05 Å². The monoisotopic (exact) mass is 284 g/mol. The normalized spacial score (nSPS) is 16.7. The summed E-state index contributed by atoms with van der Waals surface area (Å²) in [5.74, 6) is 1.08. The minimum absolute atomic E-state index is 0.109. The van der Waals surface area contributed by atoms with Gasteiger partial charge in [-0.2, -0.15) is 0 Å². The standard InChI is InChI=1S/C12H20N4O2S/c1-13-12-14-8-11(9-15-12)19(17,18)16-7-6-10-4-2-3-5-10/h8-10,16H,2-7H2,1H3,(H,13,14,15). The Bertz CT molecular complexity index is 495. The van der Waals surface area contributed by atoms with Crippen LogP contribution in [-0.4, -0.2) is 32.0 Å². The lowest BCUT2D eigenvalue weighted by Crippen LogP contribution is -2.26. The second kappa shape index (κ2) is 6.29. The molecule has 0 aromatic carbocycles. The fourth-order valence-corrected chi connectivity index (χ4v) is 3.30.